The number of ether oxygens (including phenoxy) is 1. The molecule has 0 saturated carbocycles. The van der Waals surface area contributed by atoms with Crippen molar-refractivity contribution >= 4 is 36.0 Å². The summed E-state index contributed by atoms with van der Waals surface area (Å²) in [4.78, 5) is 23.4. The minimum absolute atomic E-state index is 0. The molecule has 0 aromatic carbocycles. The molecular weight excluding hydrogens is 519 g/mol. The molecule has 1 amide bonds. The van der Waals surface area contributed by atoms with Crippen molar-refractivity contribution in [1.82, 2.24) is 25.8 Å². The number of alkyl carbamates (subject to hydrolysis) is 1. The van der Waals surface area contributed by atoms with Crippen LogP contribution in [0.15, 0.2) is 29.4 Å². The van der Waals surface area contributed by atoms with Gasteiger partial charge in [0.25, 0.3) is 0 Å². The minimum Gasteiger partial charge on any atom is -0.444 e. The van der Waals surface area contributed by atoms with Gasteiger partial charge in [0.2, 0.25) is 0 Å². The second-order valence-corrected chi connectivity index (χ2v) is 9.10. The van der Waals surface area contributed by atoms with E-state index in [1.54, 1.807) is 7.05 Å². The summed E-state index contributed by atoms with van der Waals surface area (Å²) < 4.78 is 5.39. The van der Waals surface area contributed by atoms with Gasteiger partial charge in [0.1, 0.15) is 5.60 Å². The number of carbonyl (C=O) groups is 1. The zero-order chi connectivity index (χ0) is 22.7. The molecule has 1 fully saturated rings. The largest absolute Gasteiger partial charge is 0.444 e. The van der Waals surface area contributed by atoms with Crippen molar-refractivity contribution in [2.75, 3.05) is 26.7 Å². The van der Waals surface area contributed by atoms with Crippen LogP contribution in [-0.2, 0) is 11.3 Å². The van der Waals surface area contributed by atoms with Crippen LogP contribution >= 0.6 is 24.0 Å². The van der Waals surface area contributed by atoms with E-state index in [0.29, 0.717) is 12.6 Å². The van der Waals surface area contributed by atoms with Gasteiger partial charge >= 0.3 is 6.09 Å². The lowest BCUT2D eigenvalue weighted by molar-refractivity contribution is 0.0502. The Hall–Kier alpha value is -1.62. The van der Waals surface area contributed by atoms with Crippen molar-refractivity contribution in [1.29, 1.82) is 0 Å². The van der Waals surface area contributed by atoms with E-state index < -0.39 is 5.60 Å². The number of nitrogens with one attached hydrogen (secondary N) is 3. The number of amides is 1. The number of nitrogens with zero attached hydrogens (tertiary/aromatic N) is 3. The number of guanidine groups is 1. The highest BCUT2D eigenvalue weighted by atomic mass is 127. The molecule has 1 aliphatic heterocycles. The van der Waals surface area contributed by atoms with E-state index >= 15 is 0 Å². The number of rotatable bonds is 8. The standard InChI is InChI=1S/C23H40N6O2.HI/c1-6-9-19(28-22(30)31-23(2,3)4)16-26-21(24-5)27-18-11-14-29(15-12-18)17-20-10-7-8-13-25-20;/h7-8,10,13,18-19H,6,9,11-12,14-17H2,1-5H3,(H,28,30)(H2,24,26,27);1H. The summed E-state index contributed by atoms with van der Waals surface area (Å²) in [5.41, 5.74) is 0.614. The van der Waals surface area contributed by atoms with Crippen molar-refractivity contribution < 1.29 is 9.53 Å². The maximum absolute atomic E-state index is 12.1. The fourth-order valence-electron chi connectivity index (χ4n) is 3.61. The first-order chi connectivity index (χ1) is 14.8. The third-order valence-electron chi connectivity index (χ3n) is 5.14. The lowest BCUT2D eigenvalue weighted by atomic mass is 10.0. The molecule has 32 heavy (non-hydrogen) atoms. The smallest absolute Gasteiger partial charge is 0.407 e. The molecule has 9 heteroatoms. The number of halogens is 1. The van der Waals surface area contributed by atoms with Crippen LogP contribution in [0.25, 0.3) is 0 Å². The topological polar surface area (TPSA) is 90.9 Å². The Balaban J connectivity index is 0.00000512. The van der Waals surface area contributed by atoms with Crippen LogP contribution in [-0.4, -0.2) is 66.3 Å². The van der Waals surface area contributed by atoms with Gasteiger partial charge in [-0.25, -0.2) is 4.79 Å². The number of aliphatic imine (C=N–C) groups is 1. The van der Waals surface area contributed by atoms with E-state index in [-0.39, 0.29) is 36.1 Å². The number of hydrogen-bond acceptors (Lipinski definition) is 5. The Morgan fingerprint density at radius 2 is 2.03 bits per heavy atom. The first kappa shape index (κ1) is 28.4. The Morgan fingerprint density at radius 1 is 1.31 bits per heavy atom. The Bertz CT molecular complexity index is 687. The van der Waals surface area contributed by atoms with Crippen molar-refractivity contribution in [2.45, 2.75) is 77.6 Å². The molecule has 2 rings (SSSR count). The zero-order valence-corrected chi connectivity index (χ0v) is 22.5. The van der Waals surface area contributed by atoms with Crippen molar-refractivity contribution in [3.8, 4) is 0 Å². The fraction of sp³-hybridized carbons (Fsp3) is 0.696. The molecule has 1 aromatic heterocycles. The third-order valence-corrected chi connectivity index (χ3v) is 5.14. The summed E-state index contributed by atoms with van der Waals surface area (Å²) in [6.45, 7) is 11.3. The van der Waals surface area contributed by atoms with E-state index in [1.807, 2.05) is 39.1 Å². The third kappa shape index (κ3) is 11.3. The molecule has 1 aromatic rings. The Labute approximate surface area is 210 Å². The van der Waals surface area contributed by atoms with Gasteiger partial charge in [0, 0.05) is 51.5 Å². The molecule has 2 heterocycles. The number of likely N-dealkylation sites (tertiary alicyclic amines) is 1. The van der Waals surface area contributed by atoms with E-state index in [1.165, 1.54) is 0 Å². The molecule has 182 valence electrons. The highest BCUT2D eigenvalue weighted by Crippen LogP contribution is 2.13. The number of carbonyl (C=O) groups excluding carboxylic acids is 1. The van der Waals surface area contributed by atoms with Crippen LogP contribution in [0.5, 0.6) is 0 Å². The van der Waals surface area contributed by atoms with Crippen LogP contribution in [0.2, 0.25) is 0 Å². The molecule has 3 N–H and O–H groups in total. The summed E-state index contributed by atoms with van der Waals surface area (Å²) in [6.07, 6.45) is 5.43. The molecule has 1 aliphatic rings. The Kier molecular flexibility index (Phi) is 12.9. The van der Waals surface area contributed by atoms with Gasteiger partial charge in [-0.15, -0.1) is 24.0 Å². The molecule has 0 bridgehead atoms. The van der Waals surface area contributed by atoms with Crippen molar-refractivity contribution in [2.24, 2.45) is 4.99 Å². The molecule has 0 aliphatic carbocycles. The average molecular weight is 561 g/mol. The van der Waals surface area contributed by atoms with Gasteiger partial charge in [0.15, 0.2) is 5.96 Å². The van der Waals surface area contributed by atoms with Crippen LogP contribution in [0.3, 0.4) is 0 Å². The van der Waals surface area contributed by atoms with Crippen LogP contribution in [0, 0.1) is 0 Å². The number of piperidine rings is 1. The summed E-state index contributed by atoms with van der Waals surface area (Å²) in [6, 6.07) is 6.43. The van der Waals surface area contributed by atoms with E-state index in [9.17, 15) is 4.79 Å². The highest BCUT2D eigenvalue weighted by Gasteiger charge is 2.22. The molecule has 8 nitrogen and oxygen atoms in total. The lowest BCUT2D eigenvalue weighted by Gasteiger charge is -2.33. The van der Waals surface area contributed by atoms with E-state index in [4.69, 9.17) is 4.74 Å². The van der Waals surface area contributed by atoms with Crippen molar-refractivity contribution in [3.63, 3.8) is 0 Å². The molecule has 1 saturated heterocycles. The first-order valence-electron chi connectivity index (χ1n) is 11.4. The van der Waals surface area contributed by atoms with Gasteiger partial charge < -0.3 is 20.7 Å². The summed E-state index contributed by atoms with van der Waals surface area (Å²) in [7, 11) is 1.78. The van der Waals surface area contributed by atoms with Crippen molar-refractivity contribution in [3.05, 3.63) is 30.1 Å². The lowest BCUT2D eigenvalue weighted by Crippen LogP contribution is -2.51. The Morgan fingerprint density at radius 3 is 2.59 bits per heavy atom. The second-order valence-electron chi connectivity index (χ2n) is 9.10. The summed E-state index contributed by atoms with van der Waals surface area (Å²) in [5.74, 6) is 0.773. The normalized spacial score (nSPS) is 16.6. The predicted octanol–water partition coefficient (Wildman–Crippen LogP) is 3.52. The predicted molar refractivity (Wildman–Crippen MR) is 141 cm³/mol. The van der Waals surface area contributed by atoms with Crippen LogP contribution in [0.1, 0.15) is 59.1 Å². The number of hydrogen-bond donors (Lipinski definition) is 3. The monoisotopic (exact) mass is 560 g/mol. The maximum atomic E-state index is 12.1. The summed E-state index contributed by atoms with van der Waals surface area (Å²) in [5, 5.41) is 9.87. The second kappa shape index (κ2) is 14.5. The number of pyridine rings is 1. The van der Waals surface area contributed by atoms with Gasteiger partial charge in [-0.3, -0.25) is 14.9 Å². The summed E-state index contributed by atoms with van der Waals surface area (Å²) >= 11 is 0. The minimum atomic E-state index is -0.503. The van der Waals surface area contributed by atoms with Crippen LogP contribution < -0.4 is 16.0 Å². The highest BCUT2D eigenvalue weighted by molar-refractivity contribution is 14.0. The molecule has 0 radical (unpaired) electrons. The fourth-order valence-corrected chi connectivity index (χ4v) is 3.61. The van der Waals surface area contributed by atoms with E-state index in [2.05, 4.69) is 43.8 Å². The van der Waals surface area contributed by atoms with Gasteiger partial charge in [-0.1, -0.05) is 19.4 Å². The molecule has 1 atom stereocenters. The SMILES string of the molecule is CCCC(CNC(=NC)NC1CCN(Cc2ccccn2)CC1)NC(=O)OC(C)(C)C.I. The van der Waals surface area contributed by atoms with E-state index in [0.717, 1.165) is 57.0 Å². The van der Waals surface area contributed by atoms with Gasteiger partial charge in [0.05, 0.1) is 5.69 Å². The van der Waals surface area contributed by atoms with Gasteiger partial charge in [-0.2, -0.15) is 0 Å². The molecular formula is C23H41IN6O2. The van der Waals surface area contributed by atoms with Gasteiger partial charge in [-0.05, 0) is 52.2 Å². The zero-order valence-electron chi connectivity index (χ0n) is 20.2. The average Bonchev–Trinajstić information content (AvgIpc) is 2.71. The molecule has 0 spiro atoms. The number of aromatic nitrogens is 1. The van der Waals surface area contributed by atoms with Crippen LogP contribution in [0.4, 0.5) is 4.79 Å². The maximum Gasteiger partial charge on any atom is 0.407 e. The quantitative estimate of drug-likeness (QED) is 0.256. The molecule has 1 unspecified atom stereocenters. The first-order valence-corrected chi connectivity index (χ1v) is 11.4.